The van der Waals surface area contributed by atoms with Crippen molar-refractivity contribution in [3.8, 4) is 5.75 Å². The number of phenols is 1. The van der Waals surface area contributed by atoms with Crippen LogP contribution >= 0.6 is 0 Å². The van der Waals surface area contributed by atoms with Crippen molar-refractivity contribution < 1.29 is 34.2 Å². The number of phenolic OH excluding ortho intramolecular Hbond substituents is 1. The first-order valence-corrected chi connectivity index (χ1v) is 13.3. The average Bonchev–Trinajstić information content (AvgIpc) is 2.93. The normalized spacial score (nSPS) is 13.0. The van der Waals surface area contributed by atoms with Crippen LogP contribution in [0, 0.1) is 5.92 Å². The highest BCUT2D eigenvalue weighted by atomic mass is 16.4. The van der Waals surface area contributed by atoms with Gasteiger partial charge in [-0.3, -0.25) is 19.2 Å². The van der Waals surface area contributed by atoms with E-state index in [0.717, 1.165) is 16.0 Å². The molecule has 7 N–H and O–H groups in total. The number of amides is 4. The van der Waals surface area contributed by atoms with Crippen LogP contribution in [0.25, 0.3) is 0 Å². The molecule has 2 aromatic carbocycles. The van der Waals surface area contributed by atoms with Gasteiger partial charge in [0.25, 0.3) is 0 Å². The van der Waals surface area contributed by atoms with Crippen LogP contribution in [0.15, 0.2) is 54.6 Å². The number of carbonyl (C=O) groups is 5. The summed E-state index contributed by atoms with van der Waals surface area (Å²) in [6, 6.07) is 12.1. The average molecular weight is 570 g/mol. The molecule has 12 heteroatoms. The number of hydrogen-bond donors (Lipinski definition) is 6. The molecule has 12 nitrogen and oxygen atoms in total. The second-order valence-corrected chi connectivity index (χ2v) is 10.2. The van der Waals surface area contributed by atoms with E-state index in [-0.39, 0.29) is 30.9 Å². The molecule has 0 bridgehead atoms. The summed E-state index contributed by atoms with van der Waals surface area (Å²) >= 11 is 0. The van der Waals surface area contributed by atoms with E-state index in [2.05, 4.69) is 16.0 Å². The molecule has 0 radical (unpaired) electrons. The lowest BCUT2D eigenvalue weighted by Gasteiger charge is -2.30. The molecule has 41 heavy (non-hydrogen) atoms. The van der Waals surface area contributed by atoms with Gasteiger partial charge in [-0.1, -0.05) is 56.3 Å². The van der Waals surface area contributed by atoms with Crippen LogP contribution in [-0.2, 0) is 36.8 Å². The van der Waals surface area contributed by atoms with Crippen LogP contribution < -0.4 is 21.7 Å². The Bertz CT molecular complexity index is 1190. The quantitative estimate of drug-likeness (QED) is 0.175. The lowest BCUT2D eigenvalue weighted by atomic mass is 10.00. The highest BCUT2D eigenvalue weighted by Gasteiger charge is 2.32. The molecule has 0 fully saturated rings. The lowest BCUT2D eigenvalue weighted by molar-refractivity contribution is -0.150. The molecule has 0 saturated carbocycles. The Morgan fingerprint density at radius 3 is 2.02 bits per heavy atom. The molecule has 4 amide bonds. The number of carboxylic acid groups (broad SMARTS) is 1. The number of nitrogens with one attached hydrogen (secondary N) is 3. The number of likely N-dealkylation sites (N-methyl/N-ethyl adjacent to an activating group) is 1. The summed E-state index contributed by atoms with van der Waals surface area (Å²) in [4.78, 5) is 63.5. The van der Waals surface area contributed by atoms with E-state index in [1.165, 1.54) is 19.2 Å². The molecule has 0 unspecified atom stereocenters. The summed E-state index contributed by atoms with van der Waals surface area (Å²) in [6.07, 6.45) is 0.554. The number of rotatable bonds is 15. The molecular weight excluding hydrogens is 530 g/mol. The molecular formula is C29H39N5O7. The van der Waals surface area contributed by atoms with Crippen molar-refractivity contribution in [2.75, 3.05) is 20.1 Å². The molecule has 2 rings (SSSR count). The number of aliphatic carboxylic acids is 1. The number of carbonyl (C=O) groups excluding carboxylic acids is 4. The third kappa shape index (κ3) is 11.3. The monoisotopic (exact) mass is 569 g/mol. The topological polar surface area (TPSA) is 191 Å². The highest BCUT2D eigenvalue weighted by molar-refractivity contribution is 5.93. The van der Waals surface area contributed by atoms with Crippen molar-refractivity contribution in [3.05, 3.63) is 65.7 Å². The first-order valence-electron chi connectivity index (χ1n) is 13.3. The number of carboxylic acids is 1. The second-order valence-electron chi connectivity index (χ2n) is 10.2. The zero-order valence-electron chi connectivity index (χ0n) is 23.5. The smallest absolute Gasteiger partial charge is 0.326 e. The van der Waals surface area contributed by atoms with Gasteiger partial charge in [-0.05, 0) is 42.0 Å². The van der Waals surface area contributed by atoms with E-state index < -0.39 is 60.8 Å². The van der Waals surface area contributed by atoms with Crippen LogP contribution in [-0.4, -0.2) is 83.0 Å². The van der Waals surface area contributed by atoms with Gasteiger partial charge in [-0.25, -0.2) is 4.79 Å². The van der Waals surface area contributed by atoms with Crippen LogP contribution in [0.2, 0.25) is 0 Å². The second kappa shape index (κ2) is 16.0. The SMILES string of the molecule is CC(C)C[C@@H](C(=O)O)N(C)C(=O)[C@H](Cc1ccccc1)NC(=O)CNC(=O)CNC(=O)[C@@H](N)Cc1ccc(O)cc1. The zero-order valence-corrected chi connectivity index (χ0v) is 23.5. The lowest BCUT2D eigenvalue weighted by Crippen LogP contribution is -2.55. The Morgan fingerprint density at radius 2 is 1.44 bits per heavy atom. The summed E-state index contributed by atoms with van der Waals surface area (Å²) < 4.78 is 0. The fourth-order valence-electron chi connectivity index (χ4n) is 4.08. The summed E-state index contributed by atoms with van der Waals surface area (Å²) in [5.74, 6) is -3.47. The third-order valence-electron chi connectivity index (χ3n) is 6.31. The molecule has 0 saturated heterocycles. The molecule has 0 aliphatic heterocycles. The van der Waals surface area contributed by atoms with Gasteiger partial charge in [-0.2, -0.15) is 0 Å². The Kier molecular flexibility index (Phi) is 12.8. The predicted octanol–water partition coefficient (Wildman–Crippen LogP) is 0.180. The summed E-state index contributed by atoms with van der Waals surface area (Å²) in [5.41, 5.74) is 7.38. The van der Waals surface area contributed by atoms with Gasteiger partial charge in [0.2, 0.25) is 23.6 Å². The van der Waals surface area contributed by atoms with Gasteiger partial charge in [0.1, 0.15) is 17.8 Å². The third-order valence-corrected chi connectivity index (χ3v) is 6.31. The van der Waals surface area contributed by atoms with E-state index >= 15 is 0 Å². The molecule has 0 spiro atoms. The Hall–Kier alpha value is -4.45. The summed E-state index contributed by atoms with van der Waals surface area (Å²) in [7, 11) is 1.39. The number of nitrogens with zero attached hydrogens (tertiary/aromatic N) is 1. The van der Waals surface area contributed by atoms with E-state index in [4.69, 9.17) is 5.73 Å². The van der Waals surface area contributed by atoms with Gasteiger partial charge in [0.05, 0.1) is 19.1 Å². The fourth-order valence-corrected chi connectivity index (χ4v) is 4.08. The standard InChI is InChI=1S/C29H39N5O7/c1-18(2)13-24(29(40)41)34(3)28(39)23(15-19-7-5-4-6-8-19)33-26(37)17-31-25(36)16-32-27(38)22(30)14-20-9-11-21(35)12-10-20/h4-12,18,22-24,35H,13-17,30H2,1-3H3,(H,31,36)(H,32,38)(H,33,37)(H,40,41)/t22-,23-,24-/m0/s1. The summed E-state index contributed by atoms with van der Waals surface area (Å²) in [5, 5.41) is 26.4. The van der Waals surface area contributed by atoms with Crippen LogP contribution in [0.4, 0.5) is 0 Å². The van der Waals surface area contributed by atoms with E-state index in [9.17, 15) is 34.2 Å². The van der Waals surface area contributed by atoms with Gasteiger partial charge in [0, 0.05) is 13.5 Å². The zero-order chi connectivity index (χ0) is 30.5. The minimum Gasteiger partial charge on any atom is -0.508 e. The number of hydrogen-bond acceptors (Lipinski definition) is 7. The van der Waals surface area contributed by atoms with E-state index in [1.54, 1.807) is 36.4 Å². The summed E-state index contributed by atoms with van der Waals surface area (Å²) in [6.45, 7) is 2.82. The van der Waals surface area contributed by atoms with Gasteiger partial charge in [-0.15, -0.1) is 0 Å². The number of nitrogens with two attached hydrogens (primary N) is 1. The van der Waals surface area contributed by atoms with Crippen molar-refractivity contribution in [2.45, 2.75) is 51.2 Å². The van der Waals surface area contributed by atoms with Crippen LogP contribution in [0.3, 0.4) is 0 Å². The largest absolute Gasteiger partial charge is 0.508 e. The molecule has 3 atom stereocenters. The predicted molar refractivity (Wildman–Crippen MR) is 152 cm³/mol. The van der Waals surface area contributed by atoms with Gasteiger partial charge in [0.15, 0.2) is 0 Å². The maximum absolute atomic E-state index is 13.3. The van der Waals surface area contributed by atoms with Crippen molar-refractivity contribution in [1.29, 1.82) is 0 Å². The molecule has 0 heterocycles. The molecule has 0 aliphatic carbocycles. The minimum absolute atomic E-state index is 0.0200. The Labute approximate surface area is 239 Å². The van der Waals surface area contributed by atoms with Crippen molar-refractivity contribution in [3.63, 3.8) is 0 Å². The van der Waals surface area contributed by atoms with Crippen LogP contribution in [0.5, 0.6) is 5.75 Å². The molecule has 0 aromatic heterocycles. The molecule has 2 aromatic rings. The maximum Gasteiger partial charge on any atom is 0.326 e. The van der Waals surface area contributed by atoms with Crippen LogP contribution in [0.1, 0.15) is 31.4 Å². The first-order chi connectivity index (χ1) is 19.4. The minimum atomic E-state index is -1.14. The van der Waals surface area contributed by atoms with Gasteiger partial charge >= 0.3 is 5.97 Å². The molecule has 0 aliphatic rings. The van der Waals surface area contributed by atoms with Crippen molar-refractivity contribution in [1.82, 2.24) is 20.9 Å². The number of aromatic hydroxyl groups is 1. The van der Waals surface area contributed by atoms with Crippen molar-refractivity contribution >= 4 is 29.6 Å². The maximum atomic E-state index is 13.3. The van der Waals surface area contributed by atoms with Gasteiger partial charge < -0.3 is 36.8 Å². The Morgan fingerprint density at radius 1 is 0.854 bits per heavy atom. The number of benzene rings is 2. The molecule has 222 valence electrons. The highest BCUT2D eigenvalue weighted by Crippen LogP contribution is 2.14. The fraction of sp³-hybridized carbons (Fsp3) is 0.414. The van der Waals surface area contributed by atoms with E-state index in [1.807, 2.05) is 19.9 Å². The Balaban J connectivity index is 1.94. The van der Waals surface area contributed by atoms with Crippen molar-refractivity contribution in [2.24, 2.45) is 11.7 Å². The van der Waals surface area contributed by atoms with E-state index in [0.29, 0.717) is 0 Å². The first kappa shape index (κ1) is 32.8.